The fraction of sp³-hybridized carbons (Fsp3) is 1.00. The van der Waals surface area contributed by atoms with Crippen molar-refractivity contribution >= 4 is 0 Å². The molecule has 0 bridgehead atoms. The fourth-order valence-corrected chi connectivity index (χ4v) is 1.96. The summed E-state index contributed by atoms with van der Waals surface area (Å²) in [6, 6.07) is 0.207. The SMILES string of the molecule is COCCC(N)CN1CCOC(C)(C)C1. The summed E-state index contributed by atoms with van der Waals surface area (Å²) < 4.78 is 10.7. The van der Waals surface area contributed by atoms with Crippen molar-refractivity contribution in [3.63, 3.8) is 0 Å². The molecule has 15 heavy (non-hydrogen) atoms. The topological polar surface area (TPSA) is 47.7 Å². The van der Waals surface area contributed by atoms with E-state index in [0.29, 0.717) is 0 Å². The summed E-state index contributed by atoms with van der Waals surface area (Å²) in [4.78, 5) is 2.38. The van der Waals surface area contributed by atoms with E-state index in [1.165, 1.54) is 0 Å². The Hall–Kier alpha value is -0.160. The maximum atomic E-state index is 6.02. The van der Waals surface area contributed by atoms with E-state index in [1.807, 2.05) is 0 Å². The molecule has 0 spiro atoms. The van der Waals surface area contributed by atoms with Crippen molar-refractivity contribution < 1.29 is 9.47 Å². The third kappa shape index (κ3) is 4.93. The molecule has 1 unspecified atom stereocenters. The minimum atomic E-state index is -0.0285. The summed E-state index contributed by atoms with van der Waals surface area (Å²) in [5, 5.41) is 0. The highest BCUT2D eigenvalue weighted by atomic mass is 16.5. The number of morpholine rings is 1. The Balaban J connectivity index is 2.25. The van der Waals surface area contributed by atoms with Gasteiger partial charge in [0, 0.05) is 39.4 Å². The third-order valence-electron chi connectivity index (χ3n) is 2.69. The van der Waals surface area contributed by atoms with E-state index in [0.717, 1.165) is 39.3 Å². The summed E-state index contributed by atoms with van der Waals surface area (Å²) in [5.41, 5.74) is 5.99. The molecule has 4 heteroatoms. The molecule has 1 atom stereocenters. The van der Waals surface area contributed by atoms with Gasteiger partial charge >= 0.3 is 0 Å². The first-order chi connectivity index (χ1) is 7.03. The van der Waals surface area contributed by atoms with Crippen LogP contribution >= 0.6 is 0 Å². The number of rotatable bonds is 5. The molecule has 1 saturated heterocycles. The van der Waals surface area contributed by atoms with Crippen LogP contribution in [0.15, 0.2) is 0 Å². The van der Waals surface area contributed by atoms with Crippen molar-refractivity contribution in [1.82, 2.24) is 4.90 Å². The first-order valence-corrected chi connectivity index (χ1v) is 5.64. The lowest BCUT2D eigenvalue weighted by atomic mass is 10.1. The molecule has 1 fully saturated rings. The number of methoxy groups -OCH3 is 1. The maximum Gasteiger partial charge on any atom is 0.0753 e. The molecule has 0 radical (unpaired) electrons. The van der Waals surface area contributed by atoms with E-state index >= 15 is 0 Å². The van der Waals surface area contributed by atoms with E-state index in [9.17, 15) is 0 Å². The average Bonchev–Trinajstić information content (AvgIpc) is 2.13. The average molecular weight is 216 g/mol. The van der Waals surface area contributed by atoms with Gasteiger partial charge in [-0.25, -0.2) is 0 Å². The molecule has 0 aliphatic carbocycles. The van der Waals surface area contributed by atoms with Crippen molar-refractivity contribution in [2.24, 2.45) is 5.73 Å². The second-order valence-corrected chi connectivity index (χ2v) is 4.88. The van der Waals surface area contributed by atoms with Gasteiger partial charge in [0.1, 0.15) is 0 Å². The van der Waals surface area contributed by atoms with Gasteiger partial charge in [-0.1, -0.05) is 0 Å². The molecular formula is C11H24N2O2. The standard InChI is InChI=1S/C11H24N2O2/c1-11(2)9-13(5-7-15-11)8-10(12)4-6-14-3/h10H,4-9,12H2,1-3H3. The number of nitrogens with zero attached hydrogens (tertiary/aromatic N) is 1. The van der Waals surface area contributed by atoms with E-state index in [1.54, 1.807) is 7.11 Å². The van der Waals surface area contributed by atoms with Gasteiger partial charge in [-0.15, -0.1) is 0 Å². The first-order valence-electron chi connectivity index (χ1n) is 5.64. The van der Waals surface area contributed by atoms with Crippen LogP contribution in [-0.2, 0) is 9.47 Å². The van der Waals surface area contributed by atoms with Gasteiger partial charge in [0.15, 0.2) is 0 Å². The molecule has 0 aromatic heterocycles. The smallest absolute Gasteiger partial charge is 0.0753 e. The van der Waals surface area contributed by atoms with Crippen molar-refractivity contribution in [2.75, 3.05) is 40.0 Å². The Bertz CT molecular complexity index is 185. The highest BCUT2D eigenvalue weighted by molar-refractivity contribution is 4.81. The molecule has 0 amide bonds. The number of hydrogen-bond acceptors (Lipinski definition) is 4. The maximum absolute atomic E-state index is 6.02. The Labute approximate surface area is 92.7 Å². The Morgan fingerprint density at radius 1 is 1.53 bits per heavy atom. The molecule has 1 heterocycles. The van der Waals surface area contributed by atoms with Crippen LogP contribution in [-0.4, -0.2) is 56.5 Å². The first kappa shape index (κ1) is 12.9. The normalized spacial score (nSPS) is 24.0. The van der Waals surface area contributed by atoms with Crippen molar-refractivity contribution in [3.8, 4) is 0 Å². The highest BCUT2D eigenvalue weighted by Gasteiger charge is 2.27. The van der Waals surface area contributed by atoms with Crippen molar-refractivity contribution in [1.29, 1.82) is 0 Å². The quantitative estimate of drug-likeness (QED) is 0.725. The highest BCUT2D eigenvalue weighted by Crippen LogP contribution is 2.16. The van der Waals surface area contributed by atoms with Gasteiger partial charge in [0.25, 0.3) is 0 Å². The molecule has 1 aliphatic heterocycles. The van der Waals surface area contributed by atoms with E-state index in [4.69, 9.17) is 15.2 Å². The lowest BCUT2D eigenvalue weighted by Gasteiger charge is -2.39. The van der Waals surface area contributed by atoms with Crippen molar-refractivity contribution in [2.45, 2.75) is 31.9 Å². The second-order valence-electron chi connectivity index (χ2n) is 4.88. The monoisotopic (exact) mass is 216 g/mol. The number of ether oxygens (including phenoxy) is 2. The molecule has 2 N–H and O–H groups in total. The lowest BCUT2D eigenvalue weighted by Crippen LogP contribution is -2.51. The summed E-state index contributed by atoms with van der Waals surface area (Å²) in [5.74, 6) is 0. The van der Waals surface area contributed by atoms with Crippen LogP contribution < -0.4 is 5.73 Å². The summed E-state index contributed by atoms with van der Waals surface area (Å²) in [6.07, 6.45) is 0.925. The number of hydrogen-bond donors (Lipinski definition) is 1. The van der Waals surface area contributed by atoms with E-state index < -0.39 is 0 Å². The fourth-order valence-electron chi connectivity index (χ4n) is 1.96. The molecular weight excluding hydrogens is 192 g/mol. The van der Waals surface area contributed by atoms with Crippen molar-refractivity contribution in [3.05, 3.63) is 0 Å². The molecule has 1 aliphatic rings. The van der Waals surface area contributed by atoms with Gasteiger partial charge in [-0.05, 0) is 20.3 Å². The van der Waals surface area contributed by atoms with Gasteiger partial charge in [0.2, 0.25) is 0 Å². The van der Waals surface area contributed by atoms with E-state index in [-0.39, 0.29) is 11.6 Å². The Morgan fingerprint density at radius 3 is 2.87 bits per heavy atom. The van der Waals surface area contributed by atoms with Gasteiger partial charge in [-0.2, -0.15) is 0 Å². The second kappa shape index (κ2) is 5.80. The van der Waals surface area contributed by atoms with Crippen LogP contribution in [0.4, 0.5) is 0 Å². The molecule has 0 aromatic rings. The zero-order valence-electron chi connectivity index (χ0n) is 10.2. The zero-order chi connectivity index (χ0) is 11.3. The molecule has 0 aromatic carbocycles. The summed E-state index contributed by atoms with van der Waals surface area (Å²) in [6.45, 7) is 8.70. The summed E-state index contributed by atoms with van der Waals surface area (Å²) in [7, 11) is 1.71. The minimum absolute atomic E-state index is 0.0285. The van der Waals surface area contributed by atoms with Crippen LogP contribution in [0.3, 0.4) is 0 Å². The van der Waals surface area contributed by atoms with Gasteiger partial charge in [-0.3, -0.25) is 4.90 Å². The van der Waals surface area contributed by atoms with Crippen LogP contribution in [0.2, 0.25) is 0 Å². The lowest BCUT2D eigenvalue weighted by molar-refractivity contribution is -0.0872. The van der Waals surface area contributed by atoms with Crippen LogP contribution in [0.5, 0.6) is 0 Å². The number of nitrogens with two attached hydrogens (primary N) is 1. The van der Waals surface area contributed by atoms with Crippen LogP contribution in [0, 0.1) is 0 Å². The Morgan fingerprint density at radius 2 is 2.27 bits per heavy atom. The Kier molecular flexibility index (Phi) is 4.99. The third-order valence-corrected chi connectivity index (χ3v) is 2.69. The predicted molar refractivity (Wildman–Crippen MR) is 60.9 cm³/mol. The zero-order valence-corrected chi connectivity index (χ0v) is 10.2. The van der Waals surface area contributed by atoms with Crippen LogP contribution in [0.1, 0.15) is 20.3 Å². The molecule has 0 saturated carbocycles. The molecule has 1 rings (SSSR count). The van der Waals surface area contributed by atoms with E-state index in [2.05, 4.69) is 18.7 Å². The van der Waals surface area contributed by atoms with Gasteiger partial charge < -0.3 is 15.2 Å². The molecule has 90 valence electrons. The van der Waals surface area contributed by atoms with Gasteiger partial charge in [0.05, 0.1) is 12.2 Å². The summed E-state index contributed by atoms with van der Waals surface area (Å²) >= 11 is 0. The predicted octanol–water partition coefficient (Wildman–Crippen LogP) is 0.461. The molecule has 4 nitrogen and oxygen atoms in total. The largest absolute Gasteiger partial charge is 0.385 e. The minimum Gasteiger partial charge on any atom is -0.385 e. The van der Waals surface area contributed by atoms with Crippen LogP contribution in [0.25, 0.3) is 0 Å².